The van der Waals surface area contributed by atoms with Crippen molar-refractivity contribution < 1.29 is 9.53 Å². The number of para-hydroxylation sites is 1. The summed E-state index contributed by atoms with van der Waals surface area (Å²) in [6.45, 7) is 0.491. The monoisotopic (exact) mass is 311 g/mol. The molecule has 2 amide bonds. The number of rotatable bonds is 5. The van der Waals surface area contributed by atoms with Crippen molar-refractivity contribution in [1.29, 1.82) is 0 Å². The van der Waals surface area contributed by atoms with Crippen LogP contribution in [0.2, 0.25) is 0 Å². The Morgan fingerprint density at radius 2 is 1.91 bits per heavy atom. The van der Waals surface area contributed by atoms with E-state index in [4.69, 9.17) is 4.74 Å². The van der Waals surface area contributed by atoms with E-state index in [2.05, 4.69) is 15.6 Å². The molecule has 2 atom stereocenters. The molecule has 3 rings (SSSR count). The van der Waals surface area contributed by atoms with Crippen molar-refractivity contribution >= 4 is 6.03 Å². The van der Waals surface area contributed by atoms with E-state index in [1.165, 1.54) is 0 Å². The summed E-state index contributed by atoms with van der Waals surface area (Å²) in [5, 5.41) is 5.91. The van der Waals surface area contributed by atoms with E-state index in [1.807, 2.05) is 42.5 Å². The molecule has 5 nitrogen and oxygen atoms in total. The average Bonchev–Trinajstić information content (AvgIpc) is 3.02. The highest BCUT2D eigenvalue weighted by Crippen LogP contribution is 2.24. The first-order valence-corrected chi connectivity index (χ1v) is 7.96. The number of carbonyl (C=O) groups is 1. The van der Waals surface area contributed by atoms with E-state index < -0.39 is 0 Å². The van der Waals surface area contributed by atoms with Gasteiger partial charge in [-0.3, -0.25) is 4.98 Å². The molecule has 1 fully saturated rings. The highest BCUT2D eigenvalue weighted by Gasteiger charge is 2.30. The van der Waals surface area contributed by atoms with Gasteiger partial charge in [0.25, 0.3) is 0 Å². The fourth-order valence-electron chi connectivity index (χ4n) is 2.81. The first-order chi connectivity index (χ1) is 11.3. The second-order valence-electron chi connectivity index (χ2n) is 5.69. The van der Waals surface area contributed by atoms with Crippen molar-refractivity contribution in [1.82, 2.24) is 15.6 Å². The highest BCUT2D eigenvalue weighted by molar-refractivity contribution is 5.74. The second kappa shape index (κ2) is 7.63. The number of benzene rings is 1. The maximum Gasteiger partial charge on any atom is 0.315 e. The Morgan fingerprint density at radius 3 is 2.70 bits per heavy atom. The molecule has 1 saturated carbocycles. The summed E-state index contributed by atoms with van der Waals surface area (Å²) in [7, 11) is 0. The van der Waals surface area contributed by atoms with Gasteiger partial charge in [-0.05, 0) is 49.1 Å². The summed E-state index contributed by atoms with van der Waals surface area (Å²) in [6, 6.07) is 13.4. The van der Waals surface area contributed by atoms with Crippen molar-refractivity contribution in [3.8, 4) is 5.75 Å². The SMILES string of the molecule is O=C(NCc1ccncc1)N[C@H]1CCC[C@H]1Oc1ccccc1. The summed E-state index contributed by atoms with van der Waals surface area (Å²) in [5.41, 5.74) is 1.03. The number of nitrogens with one attached hydrogen (secondary N) is 2. The minimum absolute atomic E-state index is 0.0316. The fraction of sp³-hybridized carbons (Fsp3) is 0.333. The molecule has 1 heterocycles. The van der Waals surface area contributed by atoms with E-state index in [0.717, 1.165) is 30.6 Å². The topological polar surface area (TPSA) is 63.2 Å². The third kappa shape index (κ3) is 4.45. The maximum atomic E-state index is 12.1. The number of ether oxygens (including phenoxy) is 1. The summed E-state index contributed by atoms with van der Waals surface area (Å²) >= 11 is 0. The van der Waals surface area contributed by atoms with Gasteiger partial charge in [0.15, 0.2) is 0 Å². The number of carbonyl (C=O) groups excluding carboxylic acids is 1. The third-order valence-corrected chi connectivity index (χ3v) is 4.00. The van der Waals surface area contributed by atoms with Crippen molar-refractivity contribution in [2.24, 2.45) is 0 Å². The molecule has 0 spiro atoms. The van der Waals surface area contributed by atoms with Gasteiger partial charge in [0.2, 0.25) is 0 Å². The minimum atomic E-state index is -0.157. The Hall–Kier alpha value is -2.56. The molecule has 1 aromatic heterocycles. The molecule has 5 heteroatoms. The van der Waals surface area contributed by atoms with Crippen molar-refractivity contribution in [3.05, 3.63) is 60.4 Å². The molecule has 0 aliphatic heterocycles. The zero-order chi connectivity index (χ0) is 15.9. The molecule has 1 aliphatic rings. The Labute approximate surface area is 136 Å². The number of hydrogen-bond donors (Lipinski definition) is 2. The van der Waals surface area contributed by atoms with Crippen LogP contribution in [-0.2, 0) is 6.54 Å². The standard InChI is InChI=1S/C18H21N3O2/c22-18(20-13-14-9-11-19-12-10-14)21-16-7-4-8-17(16)23-15-5-2-1-3-6-15/h1-3,5-6,9-12,16-17H,4,7-8,13H2,(H2,20,21,22)/t16-,17+/m0/s1. The molecule has 2 aromatic rings. The number of nitrogens with zero attached hydrogens (tertiary/aromatic N) is 1. The number of amides is 2. The molecular weight excluding hydrogens is 290 g/mol. The van der Waals surface area contributed by atoms with Gasteiger partial charge in [0.1, 0.15) is 11.9 Å². The van der Waals surface area contributed by atoms with E-state index in [9.17, 15) is 4.79 Å². The van der Waals surface area contributed by atoms with E-state index >= 15 is 0 Å². The summed E-state index contributed by atoms with van der Waals surface area (Å²) in [5.74, 6) is 0.850. The highest BCUT2D eigenvalue weighted by atomic mass is 16.5. The van der Waals surface area contributed by atoms with Crippen LogP contribution in [0.5, 0.6) is 5.75 Å². The van der Waals surface area contributed by atoms with Gasteiger partial charge in [0.05, 0.1) is 6.04 Å². The van der Waals surface area contributed by atoms with E-state index in [-0.39, 0.29) is 18.2 Å². The van der Waals surface area contributed by atoms with Gasteiger partial charge < -0.3 is 15.4 Å². The van der Waals surface area contributed by atoms with Crippen LogP contribution >= 0.6 is 0 Å². The van der Waals surface area contributed by atoms with Gasteiger partial charge >= 0.3 is 6.03 Å². The van der Waals surface area contributed by atoms with Gasteiger partial charge in [-0.15, -0.1) is 0 Å². The van der Waals surface area contributed by atoms with Gasteiger partial charge in [0, 0.05) is 18.9 Å². The molecule has 1 aliphatic carbocycles. The number of aromatic nitrogens is 1. The van der Waals surface area contributed by atoms with Crippen molar-refractivity contribution in [2.45, 2.75) is 38.0 Å². The first kappa shape index (κ1) is 15.3. The Balaban J connectivity index is 1.49. The molecule has 2 N–H and O–H groups in total. The Kier molecular flexibility index (Phi) is 5.09. The van der Waals surface area contributed by atoms with Gasteiger partial charge in [-0.1, -0.05) is 18.2 Å². The van der Waals surface area contributed by atoms with Crippen LogP contribution in [0.4, 0.5) is 4.79 Å². The average molecular weight is 311 g/mol. The van der Waals surface area contributed by atoms with Crippen LogP contribution in [0.15, 0.2) is 54.9 Å². The maximum absolute atomic E-state index is 12.1. The number of urea groups is 1. The molecule has 120 valence electrons. The van der Waals surface area contributed by atoms with Crippen LogP contribution in [0, 0.1) is 0 Å². The molecule has 0 saturated heterocycles. The lowest BCUT2D eigenvalue weighted by Gasteiger charge is -2.22. The largest absolute Gasteiger partial charge is 0.488 e. The lowest BCUT2D eigenvalue weighted by molar-refractivity contribution is 0.172. The molecular formula is C18H21N3O2. The summed E-state index contributed by atoms with van der Waals surface area (Å²) in [6.07, 6.45) is 6.44. The number of pyridine rings is 1. The lowest BCUT2D eigenvalue weighted by Crippen LogP contribution is -2.46. The molecule has 23 heavy (non-hydrogen) atoms. The smallest absolute Gasteiger partial charge is 0.315 e. The van der Waals surface area contributed by atoms with Crippen LogP contribution in [0.3, 0.4) is 0 Å². The third-order valence-electron chi connectivity index (χ3n) is 4.00. The molecule has 0 bridgehead atoms. The molecule has 0 unspecified atom stereocenters. The first-order valence-electron chi connectivity index (χ1n) is 7.96. The Bertz CT molecular complexity index is 619. The fourth-order valence-corrected chi connectivity index (χ4v) is 2.81. The zero-order valence-corrected chi connectivity index (χ0v) is 12.9. The quantitative estimate of drug-likeness (QED) is 0.892. The van der Waals surface area contributed by atoms with Gasteiger partial charge in [-0.2, -0.15) is 0 Å². The molecule has 0 radical (unpaired) electrons. The van der Waals surface area contributed by atoms with Crippen LogP contribution in [-0.4, -0.2) is 23.2 Å². The predicted molar refractivity (Wildman–Crippen MR) is 88.1 cm³/mol. The van der Waals surface area contributed by atoms with Crippen LogP contribution < -0.4 is 15.4 Å². The van der Waals surface area contributed by atoms with Gasteiger partial charge in [-0.25, -0.2) is 4.79 Å². The second-order valence-corrected chi connectivity index (χ2v) is 5.69. The van der Waals surface area contributed by atoms with Crippen LogP contribution in [0.25, 0.3) is 0 Å². The lowest BCUT2D eigenvalue weighted by atomic mass is 10.2. The normalized spacial score (nSPS) is 20.0. The van der Waals surface area contributed by atoms with Crippen molar-refractivity contribution in [3.63, 3.8) is 0 Å². The summed E-state index contributed by atoms with van der Waals surface area (Å²) in [4.78, 5) is 16.0. The molecule has 1 aromatic carbocycles. The minimum Gasteiger partial charge on any atom is -0.488 e. The zero-order valence-electron chi connectivity index (χ0n) is 12.9. The van der Waals surface area contributed by atoms with E-state index in [0.29, 0.717) is 6.54 Å². The Morgan fingerprint density at radius 1 is 1.13 bits per heavy atom. The predicted octanol–water partition coefficient (Wildman–Crippen LogP) is 2.88. The number of hydrogen-bond acceptors (Lipinski definition) is 3. The van der Waals surface area contributed by atoms with E-state index in [1.54, 1.807) is 12.4 Å². The van der Waals surface area contributed by atoms with Crippen molar-refractivity contribution in [2.75, 3.05) is 0 Å². The van der Waals surface area contributed by atoms with Crippen LogP contribution in [0.1, 0.15) is 24.8 Å². The summed E-state index contributed by atoms with van der Waals surface area (Å²) < 4.78 is 6.00.